The van der Waals surface area contributed by atoms with Gasteiger partial charge in [-0.25, -0.2) is 0 Å². The van der Waals surface area contributed by atoms with Crippen LogP contribution in [0.3, 0.4) is 0 Å². The van der Waals surface area contributed by atoms with Crippen molar-refractivity contribution in [3.8, 4) is 6.07 Å². The highest BCUT2D eigenvalue weighted by molar-refractivity contribution is 5.81. The molecule has 0 saturated heterocycles. The first-order chi connectivity index (χ1) is 9.24. The predicted octanol–water partition coefficient (Wildman–Crippen LogP) is 2.59. The quantitative estimate of drug-likeness (QED) is 0.743. The molecule has 1 aliphatic rings. The smallest absolute Gasteiger partial charge is 0.326 e. The van der Waals surface area contributed by atoms with Gasteiger partial charge < -0.3 is 9.47 Å². The Morgan fingerprint density at radius 1 is 1.30 bits per heavy atom. The van der Waals surface area contributed by atoms with Crippen LogP contribution in [0.4, 0.5) is 0 Å². The zero-order valence-corrected chi connectivity index (χ0v) is 12.7. The van der Waals surface area contributed by atoms with Gasteiger partial charge in [-0.2, -0.15) is 5.26 Å². The molecule has 0 aromatic rings. The Kier molecular flexibility index (Phi) is 5.15. The molecule has 0 aromatic carbocycles. The van der Waals surface area contributed by atoms with E-state index in [-0.39, 0.29) is 18.5 Å². The number of nitriles is 1. The van der Waals surface area contributed by atoms with E-state index < -0.39 is 17.0 Å². The van der Waals surface area contributed by atoms with Gasteiger partial charge in [0.1, 0.15) is 5.60 Å². The van der Waals surface area contributed by atoms with Crippen LogP contribution in [0.5, 0.6) is 0 Å². The topological polar surface area (TPSA) is 76.4 Å². The number of hydrogen-bond acceptors (Lipinski definition) is 5. The second kappa shape index (κ2) is 6.25. The maximum atomic E-state index is 12.0. The Hall–Kier alpha value is -1.57. The first-order valence-corrected chi connectivity index (χ1v) is 7.05. The summed E-state index contributed by atoms with van der Waals surface area (Å²) < 4.78 is 10.3. The molecule has 0 spiro atoms. The first-order valence-electron chi connectivity index (χ1n) is 7.05. The second-order valence-electron chi connectivity index (χ2n) is 6.22. The fourth-order valence-electron chi connectivity index (χ4n) is 2.36. The molecule has 0 aromatic heterocycles. The highest BCUT2D eigenvalue weighted by Gasteiger charge is 2.45. The van der Waals surface area contributed by atoms with Crippen molar-refractivity contribution < 1.29 is 19.1 Å². The molecule has 0 N–H and O–H groups in total. The standard InChI is InChI=1S/C15H23NO4/c1-5-19-13(18)15(10-16)8-6-11(7-9-15)12(17)20-14(2,3)4/h11H,5-9H2,1-4H3. The normalized spacial score (nSPS) is 26.4. The number of rotatable bonds is 3. The SMILES string of the molecule is CCOC(=O)C1(C#N)CCC(C(=O)OC(C)(C)C)CC1. The van der Waals surface area contributed by atoms with Crippen LogP contribution < -0.4 is 0 Å². The van der Waals surface area contributed by atoms with Crippen LogP contribution >= 0.6 is 0 Å². The highest BCUT2D eigenvalue weighted by Crippen LogP contribution is 2.40. The van der Waals surface area contributed by atoms with E-state index in [0.717, 1.165) is 0 Å². The summed E-state index contributed by atoms with van der Waals surface area (Å²) in [5, 5.41) is 9.28. The van der Waals surface area contributed by atoms with Crippen LogP contribution in [0.2, 0.25) is 0 Å². The number of ether oxygens (including phenoxy) is 2. The van der Waals surface area contributed by atoms with Crippen LogP contribution in [0.1, 0.15) is 53.4 Å². The molecule has 5 heteroatoms. The summed E-state index contributed by atoms with van der Waals surface area (Å²) in [4.78, 5) is 23.9. The minimum absolute atomic E-state index is 0.231. The Balaban J connectivity index is 2.64. The fourth-order valence-corrected chi connectivity index (χ4v) is 2.36. The lowest BCUT2D eigenvalue weighted by Gasteiger charge is -2.33. The van der Waals surface area contributed by atoms with Crippen molar-refractivity contribution in [3.05, 3.63) is 0 Å². The van der Waals surface area contributed by atoms with E-state index >= 15 is 0 Å². The van der Waals surface area contributed by atoms with Crippen molar-refractivity contribution in [1.29, 1.82) is 5.26 Å². The van der Waals surface area contributed by atoms with Gasteiger partial charge in [0.25, 0.3) is 0 Å². The van der Waals surface area contributed by atoms with Crippen LogP contribution in [0, 0.1) is 22.7 Å². The molecule has 112 valence electrons. The average Bonchev–Trinajstić information content (AvgIpc) is 2.37. The van der Waals surface area contributed by atoms with Crippen LogP contribution in [-0.2, 0) is 19.1 Å². The van der Waals surface area contributed by atoms with Gasteiger partial charge in [0.2, 0.25) is 0 Å². The molecule has 0 aliphatic heterocycles. The molecule has 20 heavy (non-hydrogen) atoms. The van der Waals surface area contributed by atoms with E-state index in [1.807, 2.05) is 20.8 Å². The van der Waals surface area contributed by atoms with Crippen LogP contribution in [0.25, 0.3) is 0 Å². The largest absolute Gasteiger partial charge is 0.465 e. The van der Waals surface area contributed by atoms with Crippen LogP contribution in [0.15, 0.2) is 0 Å². The summed E-state index contributed by atoms with van der Waals surface area (Å²) in [7, 11) is 0. The molecule has 1 rings (SSSR count). The van der Waals surface area contributed by atoms with Crippen molar-refractivity contribution in [3.63, 3.8) is 0 Å². The number of nitrogens with zero attached hydrogens (tertiary/aromatic N) is 1. The molecular weight excluding hydrogens is 258 g/mol. The molecule has 0 atom stereocenters. The van der Waals surface area contributed by atoms with E-state index in [2.05, 4.69) is 6.07 Å². The summed E-state index contributed by atoms with van der Waals surface area (Å²) in [6, 6.07) is 2.08. The van der Waals surface area contributed by atoms with Crippen molar-refractivity contribution >= 4 is 11.9 Å². The molecule has 5 nitrogen and oxygen atoms in total. The third-order valence-corrected chi connectivity index (χ3v) is 3.46. The Bertz CT molecular complexity index is 409. The van der Waals surface area contributed by atoms with Gasteiger partial charge in [-0.1, -0.05) is 0 Å². The van der Waals surface area contributed by atoms with E-state index in [9.17, 15) is 14.9 Å². The molecule has 0 radical (unpaired) electrons. The van der Waals surface area contributed by atoms with Gasteiger partial charge >= 0.3 is 11.9 Å². The van der Waals surface area contributed by atoms with E-state index in [1.54, 1.807) is 6.92 Å². The van der Waals surface area contributed by atoms with Gasteiger partial charge in [-0.15, -0.1) is 0 Å². The number of carbonyl (C=O) groups excluding carboxylic acids is 2. The fraction of sp³-hybridized carbons (Fsp3) is 0.800. The van der Waals surface area contributed by atoms with Crippen molar-refractivity contribution in [1.82, 2.24) is 0 Å². The molecule has 1 fully saturated rings. The van der Waals surface area contributed by atoms with Crippen molar-refractivity contribution in [2.45, 2.75) is 59.0 Å². The minimum Gasteiger partial charge on any atom is -0.465 e. The lowest BCUT2D eigenvalue weighted by molar-refractivity contribution is -0.165. The maximum absolute atomic E-state index is 12.0. The van der Waals surface area contributed by atoms with Crippen molar-refractivity contribution in [2.24, 2.45) is 11.3 Å². The van der Waals surface area contributed by atoms with E-state index in [0.29, 0.717) is 25.7 Å². The summed E-state index contributed by atoms with van der Waals surface area (Å²) in [6.07, 6.45) is 1.68. The molecule has 1 aliphatic carbocycles. The minimum atomic E-state index is -1.09. The lowest BCUT2D eigenvalue weighted by Crippen LogP contribution is -2.38. The summed E-state index contributed by atoms with van der Waals surface area (Å²) in [5.41, 5.74) is -1.60. The molecule has 0 heterocycles. The Morgan fingerprint density at radius 2 is 1.85 bits per heavy atom. The summed E-state index contributed by atoms with van der Waals surface area (Å²) in [5.74, 6) is -0.942. The highest BCUT2D eigenvalue weighted by atomic mass is 16.6. The number of esters is 2. The van der Waals surface area contributed by atoms with Gasteiger partial charge in [-0.05, 0) is 53.4 Å². The molecule has 0 bridgehead atoms. The molecular formula is C15H23NO4. The lowest BCUT2D eigenvalue weighted by atomic mass is 9.71. The number of carbonyl (C=O) groups is 2. The van der Waals surface area contributed by atoms with Crippen molar-refractivity contribution in [2.75, 3.05) is 6.61 Å². The predicted molar refractivity (Wildman–Crippen MR) is 72.5 cm³/mol. The molecule has 0 amide bonds. The third-order valence-electron chi connectivity index (χ3n) is 3.46. The third kappa shape index (κ3) is 3.96. The Morgan fingerprint density at radius 3 is 2.25 bits per heavy atom. The zero-order chi connectivity index (χ0) is 15.4. The van der Waals surface area contributed by atoms with E-state index in [4.69, 9.17) is 9.47 Å². The average molecular weight is 281 g/mol. The Labute approximate surface area is 120 Å². The van der Waals surface area contributed by atoms with Gasteiger partial charge in [0, 0.05) is 0 Å². The van der Waals surface area contributed by atoms with Gasteiger partial charge in [0.05, 0.1) is 18.6 Å². The monoisotopic (exact) mass is 281 g/mol. The van der Waals surface area contributed by atoms with E-state index in [1.165, 1.54) is 0 Å². The van der Waals surface area contributed by atoms with Gasteiger partial charge in [0.15, 0.2) is 5.41 Å². The van der Waals surface area contributed by atoms with Crippen LogP contribution in [-0.4, -0.2) is 24.1 Å². The molecule has 1 saturated carbocycles. The number of hydrogen-bond donors (Lipinski definition) is 0. The first kappa shape index (κ1) is 16.5. The maximum Gasteiger partial charge on any atom is 0.326 e. The summed E-state index contributed by atoms with van der Waals surface area (Å²) in [6.45, 7) is 7.46. The second-order valence-corrected chi connectivity index (χ2v) is 6.22. The van der Waals surface area contributed by atoms with Gasteiger partial charge in [-0.3, -0.25) is 9.59 Å². The zero-order valence-electron chi connectivity index (χ0n) is 12.7. The molecule has 0 unspecified atom stereocenters. The summed E-state index contributed by atoms with van der Waals surface area (Å²) >= 11 is 0.